The van der Waals surface area contributed by atoms with E-state index in [2.05, 4.69) is 26.0 Å². The summed E-state index contributed by atoms with van der Waals surface area (Å²) in [5, 5.41) is 0. The van der Waals surface area contributed by atoms with Crippen LogP contribution in [0.1, 0.15) is 115 Å². The normalized spacial score (nSPS) is 11.8. The molecule has 0 saturated heterocycles. The summed E-state index contributed by atoms with van der Waals surface area (Å²) in [6.07, 6.45) is 21.0. The van der Waals surface area contributed by atoms with E-state index in [4.69, 9.17) is 4.74 Å². The van der Waals surface area contributed by atoms with Crippen LogP contribution in [0.3, 0.4) is 0 Å². The Hall–Kier alpha value is -1.73. The van der Waals surface area contributed by atoms with Crippen molar-refractivity contribution in [3.63, 3.8) is 0 Å². The predicted octanol–water partition coefficient (Wildman–Crippen LogP) is 5.73. The van der Waals surface area contributed by atoms with Gasteiger partial charge in [-0.25, -0.2) is 4.79 Å². The molecular formula is C29H54N3O4+. The standard InChI is InChI=1S/C29H53N3O4/c1-5-6-7-8-9-10-11-12-13-14-15-16-17-19-27(33)20-18-21-32(3,4)22-23-36-25-31-24-26(2)28(34)30-29(31)35/h24H,5-23,25H2,1-4H3/p+1. The number of rotatable bonds is 23. The molecule has 36 heavy (non-hydrogen) atoms. The summed E-state index contributed by atoms with van der Waals surface area (Å²) in [6, 6.07) is 0. The van der Waals surface area contributed by atoms with E-state index in [1.54, 1.807) is 6.92 Å². The molecule has 0 aliphatic rings. The number of hydrogen-bond acceptors (Lipinski definition) is 4. The molecular weight excluding hydrogens is 454 g/mol. The maximum atomic E-state index is 12.2. The summed E-state index contributed by atoms with van der Waals surface area (Å²) in [6.45, 7) is 6.27. The lowest BCUT2D eigenvalue weighted by Crippen LogP contribution is -2.43. The zero-order valence-electron chi connectivity index (χ0n) is 23.7. The van der Waals surface area contributed by atoms with Gasteiger partial charge in [0, 0.05) is 31.0 Å². The molecule has 0 aliphatic carbocycles. The summed E-state index contributed by atoms with van der Waals surface area (Å²) >= 11 is 0. The minimum absolute atomic E-state index is 0.119. The number of unbranched alkanes of at least 4 members (excludes halogenated alkanes) is 12. The molecule has 0 bridgehead atoms. The number of quaternary nitrogens is 1. The van der Waals surface area contributed by atoms with Crippen LogP contribution in [-0.2, 0) is 16.3 Å². The molecule has 7 nitrogen and oxygen atoms in total. The number of likely N-dealkylation sites (N-methyl/N-ethyl adjacent to an activating group) is 1. The Morgan fingerprint density at radius 2 is 1.36 bits per heavy atom. The van der Waals surface area contributed by atoms with Crippen LogP contribution in [0.25, 0.3) is 0 Å². The second-order valence-corrected chi connectivity index (χ2v) is 11.1. The van der Waals surface area contributed by atoms with Crippen LogP contribution in [0.2, 0.25) is 0 Å². The summed E-state index contributed by atoms with van der Waals surface area (Å²) in [5.41, 5.74) is -0.336. The number of carbonyl (C=O) groups excluding carboxylic acids is 1. The highest BCUT2D eigenvalue weighted by atomic mass is 16.5. The first-order valence-electron chi connectivity index (χ1n) is 14.5. The molecule has 1 aromatic heterocycles. The highest BCUT2D eigenvalue weighted by molar-refractivity contribution is 5.78. The van der Waals surface area contributed by atoms with Crippen molar-refractivity contribution in [2.24, 2.45) is 0 Å². The van der Waals surface area contributed by atoms with Crippen molar-refractivity contribution in [1.29, 1.82) is 0 Å². The van der Waals surface area contributed by atoms with Gasteiger partial charge in [0.25, 0.3) is 5.56 Å². The average molecular weight is 509 g/mol. The number of H-pyrrole nitrogens is 1. The highest BCUT2D eigenvalue weighted by Crippen LogP contribution is 2.13. The number of nitrogens with zero attached hydrogens (tertiary/aromatic N) is 2. The van der Waals surface area contributed by atoms with Crippen molar-refractivity contribution < 1.29 is 14.0 Å². The van der Waals surface area contributed by atoms with E-state index in [9.17, 15) is 14.4 Å². The maximum absolute atomic E-state index is 12.2. The summed E-state index contributed by atoms with van der Waals surface area (Å²) < 4.78 is 7.78. The quantitative estimate of drug-likeness (QED) is 0.151. The summed E-state index contributed by atoms with van der Waals surface area (Å²) in [5.74, 6) is 0.391. The van der Waals surface area contributed by atoms with Gasteiger partial charge in [0.2, 0.25) is 0 Å². The molecule has 1 heterocycles. The van der Waals surface area contributed by atoms with Gasteiger partial charge in [-0.1, -0.05) is 84.0 Å². The third kappa shape index (κ3) is 16.1. The Morgan fingerprint density at radius 1 is 0.833 bits per heavy atom. The number of aryl methyl sites for hydroxylation is 1. The van der Waals surface area contributed by atoms with Crippen molar-refractivity contribution in [1.82, 2.24) is 9.55 Å². The molecule has 1 rings (SSSR count). The topological polar surface area (TPSA) is 81.2 Å². The van der Waals surface area contributed by atoms with Gasteiger partial charge in [-0.2, -0.15) is 0 Å². The summed E-state index contributed by atoms with van der Waals surface area (Å²) in [7, 11) is 4.27. The lowest BCUT2D eigenvalue weighted by Gasteiger charge is -2.29. The van der Waals surface area contributed by atoms with Gasteiger partial charge < -0.3 is 9.22 Å². The van der Waals surface area contributed by atoms with E-state index in [1.807, 2.05) is 0 Å². The first kappa shape index (κ1) is 32.3. The van der Waals surface area contributed by atoms with Crippen molar-refractivity contribution in [3.8, 4) is 0 Å². The first-order valence-corrected chi connectivity index (χ1v) is 14.5. The van der Waals surface area contributed by atoms with E-state index in [1.165, 1.54) is 87.8 Å². The van der Waals surface area contributed by atoms with E-state index in [-0.39, 0.29) is 12.3 Å². The molecule has 0 radical (unpaired) electrons. The van der Waals surface area contributed by atoms with Crippen molar-refractivity contribution in [2.45, 2.75) is 123 Å². The Balaban J connectivity index is 1.99. The maximum Gasteiger partial charge on any atom is 0.330 e. The third-order valence-electron chi connectivity index (χ3n) is 7.04. The molecule has 1 aromatic rings. The first-order chi connectivity index (χ1) is 17.2. The number of ether oxygens (including phenoxy) is 1. The van der Waals surface area contributed by atoms with Crippen LogP contribution < -0.4 is 11.2 Å². The van der Waals surface area contributed by atoms with Crippen molar-refractivity contribution in [3.05, 3.63) is 32.6 Å². The van der Waals surface area contributed by atoms with Gasteiger partial charge in [-0.3, -0.25) is 19.1 Å². The van der Waals surface area contributed by atoms with E-state index >= 15 is 0 Å². The Morgan fingerprint density at radius 3 is 1.94 bits per heavy atom. The van der Waals surface area contributed by atoms with Gasteiger partial charge in [-0.05, 0) is 13.3 Å². The average Bonchev–Trinajstić information content (AvgIpc) is 2.82. The van der Waals surface area contributed by atoms with Crippen LogP contribution >= 0.6 is 0 Å². The van der Waals surface area contributed by atoms with Crippen LogP contribution in [0.15, 0.2) is 15.8 Å². The van der Waals surface area contributed by atoms with Crippen LogP contribution in [-0.4, -0.2) is 53.6 Å². The van der Waals surface area contributed by atoms with E-state index < -0.39 is 5.69 Å². The van der Waals surface area contributed by atoms with Gasteiger partial charge in [0.1, 0.15) is 19.1 Å². The SMILES string of the molecule is CCCCCCCCCCCCCCCC(=O)CCC[N+](C)(C)CCOCn1cc(C)c(=O)[nH]c1=O. The van der Waals surface area contributed by atoms with Gasteiger partial charge in [0.15, 0.2) is 0 Å². The van der Waals surface area contributed by atoms with Gasteiger partial charge >= 0.3 is 5.69 Å². The molecule has 7 heteroatoms. The number of Topliss-reactive ketones (excluding diaryl/α,β-unsaturated/α-hetero) is 1. The lowest BCUT2D eigenvalue weighted by molar-refractivity contribution is -0.890. The molecule has 0 aliphatic heterocycles. The largest absolute Gasteiger partial charge is 0.355 e. The van der Waals surface area contributed by atoms with Crippen LogP contribution in [0.5, 0.6) is 0 Å². The smallest absolute Gasteiger partial charge is 0.330 e. The molecule has 0 spiro atoms. The molecule has 0 amide bonds. The monoisotopic (exact) mass is 508 g/mol. The fourth-order valence-corrected chi connectivity index (χ4v) is 4.47. The number of ketones is 1. The molecule has 0 unspecified atom stereocenters. The Kier molecular flexibility index (Phi) is 17.4. The zero-order chi connectivity index (χ0) is 26.7. The Labute approximate surface area is 219 Å². The predicted molar refractivity (Wildman–Crippen MR) is 148 cm³/mol. The molecule has 1 N–H and O–H groups in total. The zero-order valence-corrected chi connectivity index (χ0v) is 23.7. The molecule has 0 aromatic carbocycles. The molecule has 0 saturated carbocycles. The van der Waals surface area contributed by atoms with Gasteiger partial charge in [0.05, 0.1) is 27.2 Å². The number of carbonyl (C=O) groups is 1. The van der Waals surface area contributed by atoms with Crippen molar-refractivity contribution >= 4 is 5.78 Å². The molecule has 0 atom stereocenters. The lowest BCUT2D eigenvalue weighted by atomic mass is 10.0. The minimum Gasteiger partial charge on any atom is -0.355 e. The number of aromatic amines is 1. The van der Waals surface area contributed by atoms with E-state index in [0.29, 0.717) is 24.4 Å². The third-order valence-corrected chi connectivity index (χ3v) is 7.04. The van der Waals surface area contributed by atoms with Crippen LogP contribution in [0.4, 0.5) is 0 Å². The second kappa shape index (κ2) is 19.4. The summed E-state index contributed by atoms with van der Waals surface area (Å²) in [4.78, 5) is 37.7. The number of aromatic nitrogens is 2. The van der Waals surface area contributed by atoms with Gasteiger partial charge in [-0.15, -0.1) is 0 Å². The minimum atomic E-state index is -0.457. The van der Waals surface area contributed by atoms with E-state index in [0.717, 1.165) is 36.8 Å². The number of nitrogens with one attached hydrogen (secondary N) is 1. The second-order valence-electron chi connectivity index (χ2n) is 11.1. The van der Waals surface area contributed by atoms with Crippen molar-refractivity contribution in [2.75, 3.05) is 33.8 Å². The highest BCUT2D eigenvalue weighted by Gasteiger charge is 2.15. The molecule has 0 fully saturated rings. The molecule has 208 valence electrons. The Bertz CT molecular complexity index is 829. The fourth-order valence-electron chi connectivity index (χ4n) is 4.47. The number of hydrogen-bond donors (Lipinski definition) is 1. The fraction of sp³-hybridized carbons (Fsp3) is 0.828. The van der Waals surface area contributed by atoms with Crippen LogP contribution in [0, 0.1) is 6.92 Å².